The van der Waals surface area contributed by atoms with Gasteiger partial charge in [0.15, 0.2) is 0 Å². The van der Waals surface area contributed by atoms with Crippen molar-refractivity contribution in [1.29, 1.82) is 0 Å². The van der Waals surface area contributed by atoms with Crippen LogP contribution in [0, 0.1) is 11.6 Å². The fourth-order valence-corrected chi connectivity index (χ4v) is 2.94. The summed E-state index contributed by atoms with van der Waals surface area (Å²) in [6.07, 6.45) is 2.35. The van der Waals surface area contributed by atoms with Gasteiger partial charge in [0.1, 0.15) is 11.6 Å². The van der Waals surface area contributed by atoms with E-state index < -0.39 is 0 Å². The van der Waals surface area contributed by atoms with Crippen molar-refractivity contribution in [2.45, 2.75) is 35.2 Å². The Morgan fingerprint density at radius 3 is 2.50 bits per heavy atom. The molecule has 2 aromatic carbocycles. The molecule has 1 aliphatic carbocycles. The van der Waals surface area contributed by atoms with E-state index in [0.29, 0.717) is 18.2 Å². The summed E-state index contributed by atoms with van der Waals surface area (Å²) >= 11 is 1.46. The molecular weight excluding hydrogens is 276 g/mol. The molecule has 0 aliphatic heterocycles. The van der Waals surface area contributed by atoms with Crippen molar-refractivity contribution in [1.82, 2.24) is 5.32 Å². The van der Waals surface area contributed by atoms with Gasteiger partial charge >= 0.3 is 0 Å². The molecule has 4 heteroatoms. The van der Waals surface area contributed by atoms with Crippen LogP contribution in [0.1, 0.15) is 18.4 Å². The van der Waals surface area contributed by atoms with Gasteiger partial charge in [-0.1, -0.05) is 17.8 Å². The Kier molecular flexibility index (Phi) is 4.03. The maximum Gasteiger partial charge on any atom is 0.128 e. The molecule has 0 amide bonds. The molecule has 1 nitrogen and oxygen atoms in total. The van der Waals surface area contributed by atoms with Crippen LogP contribution in [0.25, 0.3) is 0 Å². The number of rotatable bonds is 5. The maximum atomic E-state index is 14.0. The highest BCUT2D eigenvalue weighted by atomic mass is 32.2. The van der Waals surface area contributed by atoms with Crippen LogP contribution in [-0.2, 0) is 6.54 Å². The summed E-state index contributed by atoms with van der Waals surface area (Å²) in [5, 5.41) is 3.34. The average molecular weight is 291 g/mol. The SMILES string of the molecule is Fc1ccc(Sc2cccc(F)c2CNC2CC2)cc1. The van der Waals surface area contributed by atoms with Gasteiger partial charge in [0.25, 0.3) is 0 Å². The molecule has 0 aromatic heterocycles. The predicted octanol–water partition coefficient (Wildman–Crippen LogP) is 4.37. The zero-order valence-corrected chi connectivity index (χ0v) is 11.7. The van der Waals surface area contributed by atoms with Crippen LogP contribution in [0.3, 0.4) is 0 Å². The van der Waals surface area contributed by atoms with Gasteiger partial charge < -0.3 is 5.32 Å². The lowest BCUT2D eigenvalue weighted by Crippen LogP contribution is -2.16. The predicted molar refractivity (Wildman–Crippen MR) is 76.8 cm³/mol. The molecule has 0 atom stereocenters. The summed E-state index contributed by atoms with van der Waals surface area (Å²) in [5.74, 6) is -0.450. The molecule has 1 fully saturated rings. The first-order chi connectivity index (χ1) is 9.72. The van der Waals surface area contributed by atoms with E-state index in [9.17, 15) is 8.78 Å². The van der Waals surface area contributed by atoms with Gasteiger partial charge in [-0.15, -0.1) is 0 Å². The molecule has 3 rings (SSSR count). The minimum absolute atomic E-state index is 0.190. The quantitative estimate of drug-likeness (QED) is 0.878. The summed E-state index contributed by atoms with van der Waals surface area (Å²) in [7, 11) is 0. The topological polar surface area (TPSA) is 12.0 Å². The highest BCUT2D eigenvalue weighted by molar-refractivity contribution is 7.99. The molecule has 104 valence electrons. The van der Waals surface area contributed by atoms with Gasteiger partial charge in [0, 0.05) is 27.9 Å². The van der Waals surface area contributed by atoms with Crippen molar-refractivity contribution >= 4 is 11.8 Å². The summed E-state index contributed by atoms with van der Waals surface area (Å²) in [5.41, 5.74) is 0.689. The Balaban J connectivity index is 1.80. The second-order valence-electron chi connectivity index (χ2n) is 4.93. The molecule has 0 heterocycles. The first-order valence-electron chi connectivity index (χ1n) is 6.66. The molecule has 0 radical (unpaired) electrons. The van der Waals surface area contributed by atoms with E-state index in [-0.39, 0.29) is 11.6 Å². The third-order valence-electron chi connectivity index (χ3n) is 3.26. The fraction of sp³-hybridized carbons (Fsp3) is 0.250. The summed E-state index contributed by atoms with van der Waals surface area (Å²) in [6, 6.07) is 11.9. The van der Waals surface area contributed by atoms with E-state index in [4.69, 9.17) is 0 Å². The van der Waals surface area contributed by atoms with Crippen molar-refractivity contribution in [2.75, 3.05) is 0 Å². The number of nitrogens with one attached hydrogen (secondary N) is 1. The van der Waals surface area contributed by atoms with Crippen LogP contribution >= 0.6 is 11.8 Å². The minimum Gasteiger partial charge on any atom is -0.310 e. The molecule has 2 aromatic rings. The van der Waals surface area contributed by atoms with E-state index in [0.717, 1.165) is 9.79 Å². The number of hydrogen-bond acceptors (Lipinski definition) is 2. The van der Waals surface area contributed by atoms with Gasteiger partial charge in [-0.25, -0.2) is 8.78 Å². The van der Waals surface area contributed by atoms with Crippen LogP contribution in [0.2, 0.25) is 0 Å². The van der Waals surface area contributed by atoms with Crippen LogP contribution in [0.5, 0.6) is 0 Å². The first-order valence-corrected chi connectivity index (χ1v) is 7.48. The van der Waals surface area contributed by atoms with Crippen LogP contribution in [-0.4, -0.2) is 6.04 Å². The normalized spacial score (nSPS) is 14.5. The van der Waals surface area contributed by atoms with Crippen molar-refractivity contribution in [3.8, 4) is 0 Å². The molecule has 20 heavy (non-hydrogen) atoms. The molecule has 0 unspecified atom stereocenters. The molecule has 1 aliphatic rings. The molecule has 1 N–H and O–H groups in total. The van der Waals surface area contributed by atoms with Crippen molar-refractivity contribution in [3.63, 3.8) is 0 Å². The molecule has 0 spiro atoms. The van der Waals surface area contributed by atoms with Crippen LogP contribution < -0.4 is 5.32 Å². The van der Waals surface area contributed by atoms with E-state index in [1.807, 2.05) is 6.07 Å². The Morgan fingerprint density at radius 1 is 1.05 bits per heavy atom. The largest absolute Gasteiger partial charge is 0.310 e. The second-order valence-corrected chi connectivity index (χ2v) is 6.04. The monoisotopic (exact) mass is 291 g/mol. The van der Waals surface area contributed by atoms with E-state index in [1.54, 1.807) is 18.2 Å². The number of halogens is 2. The highest BCUT2D eigenvalue weighted by Gasteiger charge is 2.21. The second kappa shape index (κ2) is 5.94. The average Bonchev–Trinajstić information content (AvgIpc) is 3.25. The van der Waals surface area contributed by atoms with Crippen LogP contribution in [0.4, 0.5) is 8.78 Å². The Morgan fingerprint density at radius 2 is 1.80 bits per heavy atom. The van der Waals surface area contributed by atoms with Crippen molar-refractivity contribution in [2.24, 2.45) is 0 Å². The minimum atomic E-state index is -0.260. The Bertz CT molecular complexity index is 594. The molecule has 1 saturated carbocycles. The van der Waals surface area contributed by atoms with E-state index in [2.05, 4.69) is 5.32 Å². The molecule has 0 bridgehead atoms. The smallest absolute Gasteiger partial charge is 0.128 e. The van der Waals surface area contributed by atoms with Gasteiger partial charge in [-0.3, -0.25) is 0 Å². The van der Waals surface area contributed by atoms with Gasteiger partial charge in [-0.05, 0) is 49.2 Å². The summed E-state index contributed by atoms with van der Waals surface area (Å²) in [4.78, 5) is 1.79. The lowest BCUT2D eigenvalue weighted by Gasteiger charge is -2.11. The van der Waals surface area contributed by atoms with Crippen molar-refractivity contribution in [3.05, 3.63) is 59.7 Å². The molecular formula is C16H15F2NS. The maximum absolute atomic E-state index is 14.0. The van der Waals surface area contributed by atoms with E-state index in [1.165, 1.54) is 42.8 Å². The third kappa shape index (κ3) is 3.38. The van der Waals surface area contributed by atoms with E-state index >= 15 is 0 Å². The van der Waals surface area contributed by atoms with Crippen LogP contribution in [0.15, 0.2) is 52.3 Å². The van der Waals surface area contributed by atoms with Gasteiger partial charge in [0.05, 0.1) is 0 Å². The number of benzene rings is 2. The summed E-state index contributed by atoms with van der Waals surface area (Å²) < 4.78 is 26.9. The standard InChI is InChI=1S/C16H15F2NS/c17-11-4-8-13(9-5-11)20-16-3-1-2-15(18)14(16)10-19-12-6-7-12/h1-5,8-9,12,19H,6-7,10H2. The van der Waals surface area contributed by atoms with Gasteiger partial charge in [0.2, 0.25) is 0 Å². The Labute approximate surface area is 121 Å². The fourth-order valence-electron chi connectivity index (χ4n) is 1.97. The highest BCUT2D eigenvalue weighted by Crippen LogP contribution is 2.32. The lowest BCUT2D eigenvalue weighted by molar-refractivity contribution is 0.579. The molecule has 0 saturated heterocycles. The third-order valence-corrected chi connectivity index (χ3v) is 4.37. The first kappa shape index (κ1) is 13.6. The Hall–Kier alpha value is -1.39. The van der Waals surface area contributed by atoms with Gasteiger partial charge in [-0.2, -0.15) is 0 Å². The number of hydrogen-bond donors (Lipinski definition) is 1. The lowest BCUT2D eigenvalue weighted by atomic mass is 10.2. The summed E-state index contributed by atoms with van der Waals surface area (Å²) in [6.45, 7) is 0.543. The van der Waals surface area contributed by atoms with Crippen molar-refractivity contribution < 1.29 is 8.78 Å². The zero-order valence-electron chi connectivity index (χ0n) is 10.9. The zero-order chi connectivity index (χ0) is 13.9.